The van der Waals surface area contributed by atoms with Crippen LogP contribution in [-0.2, 0) is 0 Å². The number of benzene rings is 2. The Balaban J connectivity index is 2.44. The summed E-state index contributed by atoms with van der Waals surface area (Å²) in [5.74, 6) is 2.77. The summed E-state index contributed by atoms with van der Waals surface area (Å²) in [6.45, 7) is 2.93. The van der Waals surface area contributed by atoms with Crippen molar-refractivity contribution in [3.8, 4) is 12.3 Å². The molecule has 0 bridgehead atoms. The molecule has 0 aliphatic heterocycles. The molecule has 0 aromatic heterocycles. The maximum atomic E-state index is 5.54. The molecule has 0 spiro atoms. The van der Waals surface area contributed by atoms with Crippen molar-refractivity contribution in [3.05, 3.63) is 46.4 Å². The molecule has 0 saturated carbocycles. The average molecular weight is 288 g/mol. The number of nitrogens with one attached hydrogen (secondary N) is 1. The first-order valence-corrected chi connectivity index (χ1v) is 6.42. The Morgan fingerprint density at radius 3 is 2.65 bits per heavy atom. The van der Waals surface area contributed by atoms with Gasteiger partial charge in [-0.25, -0.2) is 0 Å². The first-order valence-electron chi connectivity index (χ1n) is 5.63. The largest absolute Gasteiger partial charge is 0.300 e. The van der Waals surface area contributed by atoms with E-state index in [0.29, 0.717) is 0 Å². The van der Waals surface area contributed by atoms with Gasteiger partial charge in [0.15, 0.2) is 0 Å². The molecule has 1 unspecified atom stereocenters. The molecule has 0 aliphatic carbocycles. The summed E-state index contributed by atoms with van der Waals surface area (Å²) in [4.78, 5) is 0. The maximum absolute atomic E-state index is 5.54. The smallest absolute Gasteiger partial charge is 0.0943 e. The van der Waals surface area contributed by atoms with E-state index in [2.05, 4.69) is 64.4 Å². The van der Waals surface area contributed by atoms with Gasteiger partial charge < -0.3 is 5.32 Å². The molecule has 1 atom stereocenters. The van der Waals surface area contributed by atoms with Crippen molar-refractivity contribution in [2.75, 3.05) is 6.54 Å². The Labute approximate surface area is 110 Å². The lowest BCUT2D eigenvalue weighted by Gasteiger charge is -2.12. The third-order valence-corrected chi connectivity index (χ3v) is 3.23. The quantitative estimate of drug-likeness (QED) is 0.845. The second kappa shape index (κ2) is 5.35. The van der Waals surface area contributed by atoms with Crippen molar-refractivity contribution >= 4 is 26.7 Å². The van der Waals surface area contributed by atoms with E-state index in [9.17, 15) is 0 Å². The highest BCUT2D eigenvalue weighted by Gasteiger charge is 2.06. The molecule has 0 radical (unpaired) electrons. The summed E-state index contributed by atoms with van der Waals surface area (Å²) < 4.78 is 1.10. The standard InChI is InChI=1S/C15H14BrN/c1-3-15(17-4-2)13-6-5-12-10-14(16)8-7-11(12)9-13/h1,5-10,15,17H,4H2,2H3. The molecule has 86 valence electrons. The van der Waals surface area contributed by atoms with E-state index >= 15 is 0 Å². The van der Waals surface area contributed by atoms with Crippen molar-refractivity contribution in [1.29, 1.82) is 0 Å². The predicted molar refractivity (Wildman–Crippen MR) is 76.9 cm³/mol. The van der Waals surface area contributed by atoms with Gasteiger partial charge in [0, 0.05) is 4.47 Å². The third kappa shape index (κ3) is 2.69. The van der Waals surface area contributed by atoms with E-state index in [0.717, 1.165) is 16.6 Å². The van der Waals surface area contributed by atoms with Crippen molar-refractivity contribution in [1.82, 2.24) is 5.32 Å². The van der Waals surface area contributed by atoms with Gasteiger partial charge in [-0.15, -0.1) is 6.42 Å². The predicted octanol–water partition coefficient (Wildman–Crippen LogP) is 3.89. The lowest BCUT2D eigenvalue weighted by Crippen LogP contribution is -2.19. The van der Waals surface area contributed by atoms with Crippen molar-refractivity contribution in [2.45, 2.75) is 13.0 Å². The number of halogens is 1. The number of terminal acetylenes is 1. The summed E-state index contributed by atoms with van der Waals surface area (Å²) in [5.41, 5.74) is 1.14. The van der Waals surface area contributed by atoms with Gasteiger partial charge in [0.25, 0.3) is 0 Å². The van der Waals surface area contributed by atoms with Gasteiger partial charge in [0.05, 0.1) is 6.04 Å². The SMILES string of the molecule is C#CC(NCC)c1ccc2cc(Br)ccc2c1. The summed E-state index contributed by atoms with van der Waals surface area (Å²) in [7, 11) is 0. The lowest BCUT2D eigenvalue weighted by atomic mass is 10.0. The molecule has 2 aromatic carbocycles. The van der Waals surface area contributed by atoms with Gasteiger partial charge in [-0.05, 0) is 41.1 Å². The molecule has 0 aliphatic rings. The van der Waals surface area contributed by atoms with Crippen LogP contribution in [0, 0.1) is 12.3 Å². The monoisotopic (exact) mass is 287 g/mol. The fourth-order valence-corrected chi connectivity index (χ4v) is 2.27. The van der Waals surface area contributed by atoms with Gasteiger partial charge >= 0.3 is 0 Å². The molecule has 0 fully saturated rings. The topological polar surface area (TPSA) is 12.0 Å². The van der Waals surface area contributed by atoms with Gasteiger partial charge in [-0.1, -0.05) is 47.0 Å². The molecule has 0 saturated heterocycles. The van der Waals surface area contributed by atoms with Crippen LogP contribution in [0.2, 0.25) is 0 Å². The fraction of sp³-hybridized carbons (Fsp3) is 0.200. The second-order valence-corrected chi connectivity index (χ2v) is 4.82. The number of rotatable bonds is 3. The zero-order chi connectivity index (χ0) is 12.3. The van der Waals surface area contributed by atoms with Crippen LogP contribution in [0.5, 0.6) is 0 Å². The Morgan fingerprint density at radius 2 is 1.94 bits per heavy atom. The molecule has 0 amide bonds. The Hall–Kier alpha value is -1.30. The summed E-state index contributed by atoms with van der Waals surface area (Å²) in [5, 5.41) is 5.71. The van der Waals surface area contributed by atoms with Crippen LogP contribution in [0.25, 0.3) is 10.8 Å². The molecule has 2 rings (SSSR count). The number of hydrogen-bond acceptors (Lipinski definition) is 1. The van der Waals surface area contributed by atoms with E-state index in [-0.39, 0.29) is 6.04 Å². The van der Waals surface area contributed by atoms with Crippen LogP contribution in [0.4, 0.5) is 0 Å². The minimum absolute atomic E-state index is 0.00644. The summed E-state index contributed by atoms with van der Waals surface area (Å²) in [6.07, 6.45) is 5.54. The van der Waals surface area contributed by atoms with Crippen LogP contribution in [-0.4, -0.2) is 6.54 Å². The van der Waals surface area contributed by atoms with Crippen LogP contribution < -0.4 is 5.32 Å². The lowest BCUT2D eigenvalue weighted by molar-refractivity contribution is 0.665. The van der Waals surface area contributed by atoms with E-state index in [1.54, 1.807) is 0 Å². The molecule has 1 N–H and O–H groups in total. The molecule has 17 heavy (non-hydrogen) atoms. The van der Waals surface area contributed by atoms with Crippen LogP contribution >= 0.6 is 15.9 Å². The van der Waals surface area contributed by atoms with Crippen molar-refractivity contribution in [3.63, 3.8) is 0 Å². The summed E-state index contributed by atoms with van der Waals surface area (Å²) in [6, 6.07) is 12.6. The Kier molecular flexibility index (Phi) is 3.83. The van der Waals surface area contributed by atoms with E-state index in [4.69, 9.17) is 6.42 Å². The average Bonchev–Trinajstić information content (AvgIpc) is 2.35. The van der Waals surface area contributed by atoms with Gasteiger partial charge in [0.2, 0.25) is 0 Å². The first kappa shape index (κ1) is 12.2. The van der Waals surface area contributed by atoms with Gasteiger partial charge in [-0.2, -0.15) is 0 Å². The maximum Gasteiger partial charge on any atom is 0.0943 e. The fourth-order valence-electron chi connectivity index (χ4n) is 1.89. The molecular weight excluding hydrogens is 274 g/mol. The normalized spacial score (nSPS) is 12.3. The highest BCUT2D eigenvalue weighted by Crippen LogP contribution is 2.23. The minimum atomic E-state index is -0.00644. The van der Waals surface area contributed by atoms with Crippen LogP contribution in [0.3, 0.4) is 0 Å². The highest BCUT2D eigenvalue weighted by atomic mass is 79.9. The minimum Gasteiger partial charge on any atom is -0.300 e. The van der Waals surface area contributed by atoms with Gasteiger partial charge in [-0.3, -0.25) is 0 Å². The third-order valence-electron chi connectivity index (χ3n) is 2.73. The van der Waals surface area contributed by atoms with Crippen LogP contribution in [0.15, 0.2) is 40.9 Å². The van der Waals surface area contributed by atoms with Crippen molar-refractivity contribution < 1.29 is 0 Å². The Bertz CT molecular complexity index is 569. The van der Waals surface area contributed by atoms with E-state index in [1.807, 2.05) is 6.07 Å². The second-order valence-electron chi connectivity index (χ2n) is 3.91. The number of hydrogen-bond donors (Lipinski definition) is 1. The summed E-state index contributed by atoms with van der Waals surface area (Å²) >= 11 is 3.47. The van der Waals surface area contributed by atoms with E-state index < -0.39 is 0 Å². The first-order chi connectivity index (χ1) is 8.24. The molecule has 2 aromatic rings. The van der Waals surface area contributed by atoms with Crippen molar-refractivity contribution in [2.24, 2.45) is 0 Å². The van der Waals surface area contributed by atoms with E-state index in [1.165, 1.54) is 10.8 Å². The molecule has 0 heterocycles. The molecular formula is C15H14BrN. The zero-order valence-electron chi connectivity index (χ0n) is 9.70. The molecule has 2 heteroatoms. The van der Waals surface area contributed by atoms with Gasteiger partial charge in [0.1, 0.15) is 0 Å². The Morgan fingerprint density at radius 1 is 1.24 bits per heavy atom. The number of fused-ring (bicyclic) bond motifs is 1. The zero-order valence-corrected chi connectivity index (χ0v) is 11.3. The molecule has 1 nitrogen and oxygen atoms in total. The highest BCUT2D eigenvalue weighted by molar-refractivity contribution is 9.10. The van der Waals surface area contributed by atoms with Crippen LogP contribution in [0.1, 0.15) is 18.5 Å².